The summed E-state index contributed by atoms with van der Waals surface area (Å²) < 4.78 is 15.8. The zero-order valence-electron chi connectivity index (χ0n) is 10.1. The van der Waals surface area contributed by atoms with Gasteiger partial charge in [0.05, 0.1) is 21.3 Å². The highest BCUT2D eigenvalue weighted by Crippen LogP contribution is 2.34. The van der Waals surface area contributed by atoms with E-state index in [2.05, 4.69) is 6.58 Å². The maximum Gasteiger partial charge on any atom is 0.129 e. The van der Waals surface area contributed by atoms with Crippen molar-refractivity contribution < 1.29 is 14.2 Å². The molecule has 0 saturated heterocycles. The van der Waals surface area contributed by atoms with Crippen LogP contribution < -0.4 is 14.2 Å². The molecule has 0 aliphatic carbocycles. The maximum absolute atomic E-state index is 5.33. The van der Waals surface area contributed by atoms with Crippen LogP contribution in [0, 0.1) is 0 Å². The Morgan fingerprint density at radius 2 is 1.62 bits per heavy atom. The standard InChI is InChI=1S/C13H18O3/c1-5-6-7-11-12(15-3)8-10(14-2)9-13(11)16-4/h5,8-9H,1,6-7H2,2-4H3. The average molecular weight is 222 g/mol. The molecule has 3 heteroatoms. The lowest BCUT2D eigenvalue weighted by Crippen LogP contribution is -1.98. The molecule has 0 radical (unpaired) electrons. The number of ether oxygens (including phenoxy) is 3. The molecule has 0 fully saturated rings. The molecule has 0 aliphatic rings. The molecule has 0 aliphatic heterocycles. The van der Waals surface area contributed by atoms with Gasteiger partial charge in [0, 0.05) is 17.7 Å². The predicted octanol–water partition coefficient (Wildman–Crippen LogP) is 2.83. The van der Waals surface area contributed by atoms with E-state index in [1.54, 1.807) is 21.3 Å². The quantitative estimate of drug-likeness (QED) is 0.693. The molecule has 0 saturated carbocycles. The number of allylic oxidation sites excluding steroid dienone is 1. The van der Waals surface area contributed by atoms with Crippen molar-refractivity contribution in [3.63, 3.8) is 0 Å². The van der Waals surface area contributed by atoms with E-state index >= 15 is 0 Å². The molecule has 0 heterocycles. The van der Waals surface area contributed by atoms with Gasteiger partial charge in [-0.2, -0.15) is 0 Å². The van der Waals surface area contributed by atoms with Crippen molar-refractivity contribution >= 4 is 0 Å². The molecule has 0 amide bonds. The van der Waals surface area contributed by atoms with E-state index in [1.165, 1.54) is 0 Å². The summed E-state index contributed by atoms with van der Waals surface area (Å²) in [5.41, 5.74) is 1.05. The monoisotopic (exact) mass is 222 g/mol. The fourth-order valence-corrected chi connectivity index (χ4v) is 1.57. The SMILES string of the molecule is C=CCCc1c(OC)cc(OC)cc1OC. The summed E-state index contributed by atoms with van der Waals surface area (Å²) >= 11 is 0. The highest BCUT2D eigenvalue weighted by atomic mass is 16.5. The number of rotatable bonds is 6. The van der Waals surface area contributed by atoms with Gasteiger partial charge in [-0.1, -0.05) is 6.08 Å². The van der Waals surface area contributed by atoms with Crippen LogP contribution in [0.15, 0.2) is 24.8 Å². The zero-order chi connectivity index (χ0) is 12.0. The highest BCUT2D eigenvalue weighted by molar-refractivity contribution is 5.50. The molecular formula is C13H18O3. The predicted molar refractivity (Wildman–Crippen MR) is 64.6 cm³/mol. The van der Waals surface area contributed by atoms with Crippen LogP contribution in [0.25, 0.3) is 0 Å². The molecule has 0 N–H and O–H groups in total. The van der Waals surface area contributed by atoms with Gasteiger partial charge in [0.15, 0.2) is 0 Å². The van der Waals surface area contributed by atoms with Crippen LogP contribution >= 0.6 is 0 Å². The molecule has 1 aromatic rings. The van der Waals surface area contributed by atoms with Crippen LogP contribution in [-0.2, 0) is 6.42 Å². The van der Waals surface area contributed by atoms with E-state index in [0.29, 0.717) is 0 Å². The summed E-state index contributed by atoms with van der Waals surface area (Å²) in [4.78, 5) is 0. The van der Waals surface area contributed by atoms with Crippen molar-refractivity contribution in [1.29, 1.82) is 0 Å². The van der Waals surface area contributed by atoms with Gasteiger partial charge in [0.2, 0.25) is 0 Å². The third kappa shape index (κ3) is 2.69. The van der Waals surface area contributed by atoms with Crippen molar-refractivity contribution in [2.24, 2.45) is 0 Å². The Hall–Kier alpha value is -1.64. The first-order valence-electron chi connectivity index (χ1n) is 5.16. The first-order valence-corrected chi connectivity index (χ1v) is 5.16. The van der Waals surface area contributed by atoms with Crippen molar-refractivity contribution in [3.05, 3.63) is 30.4 Å². The van der Waals surface area contributed by atoms with E-state index in [9.17, 15) is 0 Å². The van der Waals surface area contributed by atoms with Gasteiger partial charge in [0.25, 0.3) is 0 Å². The van der Waals surface area contributed by atoms with Crippen molar-refractivity contribution in [2.75, 3.05) is 21.3 Å². The Kier molecular flexibility index (Phi) is 4.70. The van der Waals surface area contributed by atoms with Gasteiger partial charge in [0.1, 0.15) is 17.2 Å². The lowest BCUT2D eigenvalue weighted by molar-refractivity contribution is 0.369. The summed E-state index contributed by atoms with van der Waals surface area (Å²) in [5.74, 6) is 2.31. The normalized spacial score (nSPS) is 9.69. The van der Waals surface area contributed by atoms with Crippen LogP contribution in [0.3, 0.4) is 0 Å². The van der Waals surface area contributed by atoms with Gasteiger partial charge in [-0.15, -0.1) is 6.58 Å². The molecule has 0 spiro atoms. The smallest absolute Gasteiger partial charge is 0.129 e. The summed E-state index contributed by atoms with van der Waals surface area (Å²) in [6, 6.07) is 3.72. The molecule has 0 atom stereocenters. The molecular weight excluding hydrogens is 204 g/mol. The van der Waals surface area contributed by atoms with Crippen molar-refractivity contribution in [3.8, 4) is 17.2 Å². The lowest BCUT2D eigenvalue weighted by Gasteiger charge is -2.14. The Morgan fingerprint density at radius 1 is 1.06 bits per heavy atom. The summed E-state index contributed by atoms with van der Waals surface area (Å²) in [5, 5.41) is 0. The Labute approximate surface area is 96.6 Å². The third-order valence-corrected chi connectivity index (χ3v) is 2.42. The minimum absolute atomic E-state index is 0.732. The van der Waals surface area contributed by atoms with Gasteiger partial charge in [-0.3, -0.25) is 0 Å². The number of benzene rings is 1. The largest absolute Gasteiger partial charge is 0.496 e. The second kappa shape index (κ2) is 6.05. The van der Waals surface area contributed by atoms with E-state index in [0.717, 1.165) is 35.7 Å². The minimum atomic E-state index is 0.732. The number of methoxy groups -OCH3 is 3. The first kappa shape index (κ1) is 12.4. The van der Waals surface area contributed by atoms with Gasteiger partial charge in [-0.25, -0.2) is 0 Å². The Balaban J connectivity index is 3.14. The van der Waals surface area contributed by atoms with E-state index in [1.807, 2.05) is 18.2 Å². The van der Waals surface area contributed by atoms with Crippen molar-refractivity contribution in [1.82, 2.24) is 0 Å². The van der Waals surface area contributed by atoms with Crippen LogP contribution in [0.1, 0.15) is 12.0 Å². The zero-order valence-corrected chi connectivity index (χ0v) is 10.1. The van der Waals surface area contributed by atoms with Crippen LogP contribution in [0.2, 0.25) is 0 Å². The van der Waals surface area contributed by atoms with Crippen LogP contribution in [0.5, 0.6) is 17.2 Å². The molecule has 0 bridgehead atoms. The summed E-state index contributed by atoms with van der Waals surface area (Å²) in [7, 11) is 4.91. The second-order valence-electron chi connectivity index (χ2n) is 3.34. The van der Waals surface area contributed by atoms with Gasteiger partial charge < -0.3 is 14.2 Å². The van der Waals surface area contributed by atoms with Gasteiger partial charge >= 0.3 is 0 Å². The summed E-state index contributed by atoms with van der Waals surface area (Å²) in [6.45, 7) is 3.71. The third-order valence-electron chi connectivity index (χ3n) is 2.42. The number of hydrogen-bond acceptors (Lipinski definition) is 3. The molecule has 1 rings (SSSR count). The van der Waals surface area contributed by atoms with Crippen LogP contribution in [0.4, 0.5) is 0 Å². The Bertz CT molecular complexity index is 333. The fourth-order valence-electron chi connectivity index (χ4n) is 1.57. The molecule has 0 unspecified atom stereocenters. The molecule has 16 heavy (non-hydrogen) atoms. The van der Waals surface area contributed by atoms with Crippen LogP contribution in [-0.4, -0.2) is 21.3 Å². The lowest BCUT2D eigenvalue weighted by atomic mass is 10.1. The maximum atomic E-state index is 5.33. The second-order valence-corrected chi connectivity index (χ2v) is 3.34. The molecule has 88 valence electrons. The molecule has 0 aromatic heterocycles. The summed E-state index contributed by atoms with van der Waals surface area (Å²) in [6.07, 6.45) is 3.61. The van der Waals surface area contributed by atoms with Gasteiger partial charge in [-0.05, 0) is 12.8 Å². The van der Waals surface area contributed by atoms with E-state index < -0.39 is 0 Å². The highest BCUT2D eigenvalue weighted by Gasteiger charge is 2.12. The first-order chi connectivity index (χ1) is 7.76. The molecule has 3 nitrogen and oxygen atoms in total. The average Bonchev–Trinajstić information content (AvgIpc) is 2.35. The van der Waals surface area contributed by atoms with E-state index in [4.69, 9.17) is 14.2 Å². The van der Waals surface area contributed by atoms with E-state index in [-0.39, 0.29) is 0 Å². The molecule has 1 aromatic carbocycles. The minimum Gasteiger partial charge on any atom is -0.496 e. The van der Waals surface area contributed by atoms with Crippen molar-refractivity contribution in [2.45, 2.75) is 12.8 Å². The fraction of sp³-hybridized carbons (Fsp3) is 0.385. The topological polar surface area (TPSA) is 27.7 Å². The number of hydrogen-bond donors (Lipinski definition) is 0. The Morgan fingerprint density at radius 3 is 2.00 bits per heavy atom.